The van der Waals surface area contributed by atoms with E-state index < -0.39 is 0 Å². The molecule has 1 aromatic carbocycles. The van der Waals surface area contributed by atoms with Gasteiger partial charge in [-0.15, -0.1) is 0 Å². The lowest BCUT2D eigenvalue weighted by Gasteiger charge is -2.21. The first-order valence-corrected chi connectivity index (χ1v) is 11.0. The van der Waals surface area contributed by atoms with Gasteiger partial charge in [0.1, 0.15) is 11.5 Å². The van der Waals surface area contributed by atoms with Gasteiger partial charge in [-0.1, -0.05) is 89.5 Å². The summed E-state index contributed by atoms with van der Waals surface area (Å²) in [4.78, 5) is 15.5. The molecular weight excluding hydrogens is 360 g/mol. The Kier molecular flexibility index (Phi) is 14.9. The molecule has 0 saturated carbocycles. The van der Waals surface area contributed by atoms with Gasteiger partial charge in [0.2, 0.25) is 0 Å². The van der Waals surface area contributed by atoms with Crippen molar-refractivity contribution in [2.45, 2.75) is 73.6 Å². The third kappa shape index (κ3) is 11.6. The lowest BCUT2D eigenvalue weighted by atomic mass is 9.90. The number of allylic oxidation sites excluding steroid dienone is 1. The Bertz CT molecular complexity index is 611. The van der Waals surface area contributed by atoms with Crippen LogP contribution in [-0.4, -0.2) is 18.0 Å². The lowest BCUT2D eigenvalue weighted by molar-refractivity contribution is -0.115. The van der Waals surface area contributed by atoms with E-state index in [-0.39, 0.29) is 12.3 Å². The Morgan fingerprint density at radius 1 is 1.14 bits per heavy atom. The number of hydrogen-bond donors (Lipinski definition) is 1. The average Bonchev–Trinajstić information content (AvgIpc) is 2.74. The maximum atomic E-state index is 9.69. The molecule has 0 aromatic heterocycles. The number of ketones is 1. The maximum absolute atomic E-state index is 9.69. The van der Waals surface area contributed by atoms with Crippen molar-refractivity contribution in [2.24, 2.45) is 28.6 Å². The van der Waals surface area contributed by atoms with Crippen LogP contribution in [0.3, 0.4) is 0 Å². The van der Waals surface area contributed by atoms with Crippen molar-refractivity contribution in [3.63, 3.8) is 0 Å². The summed E-state index contributed by atoms with van der Waals surface area (Å²) in [6.07, 6.45) is 5.61. The Morgan fingerprint density at radius 3 is 2.17 bits per heavy atom. The van der Waals surface area contributed by atoms with Crippen LogP contribution >= 0.6 is 0 Å². The fourth-order valence-corrected chi connectivity index (χ4v) is 2.82. The average molecular weight is 403 g/mol. The third-order valence-electron chi connectivity index (χ3n) is 5.17. The number of carbonyl (C=O) groups is 1. The highest BCUT2D eigenvalue weighted by atomic mass is 16.6. The molecule has 0 amide bonds. The van der Waals surface area contributed by atoms with E-state index in [2.05, 4.69) is 58.5 Å². The van der Waals surface area contributed by atoms with Crippen LogP contribution in [0.1, 0.15) is 79.2 Å². The van der Waals surface area contributed by atoms with Crippen LogP contribution in [-0.2, 0) is 9.63 Å². The van der Waals surface area contributed by atoms with Crippen LogP contribution in [0.5, 0.6) is 0 Å². The number of benzene rings is 1. The van der Waals surface area contributed by atoms with Crippen molar-refractivity contribution >= 4 is 11.5 Å². The molecule has 0 spiro atoms. The van der Waals surface area contributed by atoms with Crippen molar-refractivity contribution in [1.82, 2.24) is 0 Å². The minimum absolute atomic E-state index is 0.0324. The van der Waals surface area contributed by atoms with Crippen LogP contribution in [0.15, 0.2) is 47.8 Å². The van der Waals surface area contributed by atoms with E-state index >= 15 is 0 Å². The van der Waals surface area contributed by atoms with Gasteiger partial charge in [-0.3, -0.25) is 4.79 Å². The van der Waals surface area contributed by atoms with Crippen molar-refractivity contribution in [1.29, 1.82) is 0 Å². The number of nitrogens with zero attached hydrogens (tertiary/aromatic N) is 1. The monoisotopic (exact) mass is 402 g/mol. The summed E-state index contributed by atoms with van der Waals surface area (Å²) >= 11 is 0. The number of oxime groups is 1. The van der Waals surface area contributed by atoms with Crippen LogP contribution in [0.2, 0.25) is 0 Å². The molecule has 0 fully saturated rings. The van der Waals surface area contributed by atoms with Gasteiger partial charge in [-0.25, -0.2) is 0 Å². The molecule has 29 heavy (non-hydrogen) atoms. The van der Waals surface area contributed by atoms with Crippen LogP contribution in [0.25, 0.3) is 0 Å². The Morgan fingerprint density at radius 2 is 1.72 bits per heavy atom. The predicted octanol–water partition coefficient (Wildman–Crippen LogP) is 6.35. The SMILES string of the molecule is C=C(O/N=C(/c1ccccc1)C(C)CC)C(CCC)CC(C)CC.CC(=O)CN. The molecule has 3 atom stereocenters. The summed E-state index contributed by atoms with van der Waals surface area (Å²) in [5, 5.41) is 4.52. The molecule has 0 radical (unpaired) electrons. The van der Waals surface area contributed by atoms with Gasteiger partial charge in [-0.2, -0.15) is 0 Å². The first-order chi connectivity index (χ1) is 13.8. The molecule has 3 unspecified atom stereocenters. The molecule has 0 aliphatic rings. The zero-order valence-corrected chi connectivity index (χ0v) is 19.4. The highest BCUT2D eigenvalue weighted by Gasteiger charge is 2.18. The van der Waals surface area contributed by atoms with Crippen LogP contribution in [0, 0.1) is 17.8 Å². The number of Topliss-reactive ketones (excluding diaryl/α,β-unsaturated/α-hetero) is 1. The van der Waals surface area contributed by atoms with Crippen molar-refractivity contribution in [3.8, 4) is 0 Å². The van der Waals surface area contributed by atoms with E-state index in [0.29, 0.717) is 17.8 Å². The number of nitrogens with two attached hydrogens (primary N) is 1. The van der Waals surface area contributed by atoms with Crippen molar-refractivity contribution < 1.29 is 9.63 Å². The number of rotatable bonds is 12. The van der Waals surface area contributed by atoms with Crippen molar-refractivity contribution in [2.75, 3.05) is 6.54 Å². The summed E-state index contributed by atoms with van der Waals surface area (Å²) in [6.45, 7) is 16.9. The predicted molar refractivity (Wildman–Crippen MR) is 125 cm³/mol. The quantitative estimate of drug-likeness (QED) is 0.251. The fourth-order valence-electron chi connectivity index (χ4n) is 2.82. The molecule has 0 heterocycles. The fraction of sp³-hybridized carbons (Fsp3) is 0.600. The lowest BCUT2D eigenvalue weighted by Crippen LogP contribution is -2.14. The first kappa shape index (κ1) is 27.1. The first-order valence-electron chi connectivity index (χ1n) is 11.0. The minimum Gasteiger partial charge on any atom is -0.362 e. The molecule has 1 aromatic rings. The van der Waals surface area contributed by atoms with Gasteiger partial charge in [0.15, 0.2) is 0 Å². The summed E-state index contributed by atoms with van der Waals surface area (Å²) in [7, 11) is 0. The smallest absolute Gasteiger partial charge is 0.143 e. The van der Waals surface area contributed by atoms with E-state index in [9.17, 15) is 4.79 Å². The van der Waals surface area contributed by atoms with Crippen LogP contribution < -0.4 is 5.73 Å². The Hall–Kier alpha value is -1.94. The molecule has 164 valence electrons. The summed E-state index contributed by atoms with van der Waals surface area (Å²) in [6, 6.07) is 10.3. The largest absolute Gasteiger partial charge is 0.362 e. The third-order valence-corrected chi connectivity index (χ3v) is 5.17. The molecule has 2 N–H and O–H groups in total. The van der Waals surface area contributed by atoms with E-state index in [1.54, 1.807) is 0 Å². The highest BCUT2D eigenvalue weighted by Crippen LogP contribution is 2.27. The number of carbonyl (C=O) groups excluding carboxylic acids is 1. The Labute approximate surface area is 178 Å². The highest BCUT2D eigenvalue weighted by molar-refractivity contribution is 6.01. The van der Waals surface area contributed by atoms with E-state index in [0.717, 1.165) is 42.7 Å². The van der Waals surface area contributed by atoms with E-state index in [1.807, 2.05) is 18.2 Å². The zero-order valence-electron chi connectivity index (χ0n) is 19.4. The van der Waals surface area contributed by atoms with Gasteiger partial charge in [0.25, 0.3) is 0 Å². The zero-order chi connectivity index (χ0) is 22.2. The van der Waals surface area contributed by atoms with Gasteiger partial charge < -0.3 is 10.6 Å². The molecule has 0 bridgehead atoms. The van der Waals surface area contributed by atoms with Gasteiger partial charge in [0, 0.05) is 11.8 Å². The van der Waals surface area contributed by atoms with Gasteiger partial charge in [-0.05, 0) is 37.7 Å². The summed E-state index contributed by atoms with van der Waals surface area (Å²) < 4.78 is 0. The van der Waals surface area contributed by atoms with E-state index in [1.165, 1.54) is 13.3 Å². The molecule has 4 nitrogen and oxygen atoms in total. The molecule has 0 saturated heterocycles. The summed E-state index contributed by atoms with van der Waals surface area (Å²) in [5.41, 5.74) is 6.97. The van der Waals surface area contributed by atoms with Crippen LogP contribution in [0.4, 0.5) is 0 Å². The summed E-state index contributed by atoms with van der Waals surface area (Å²) in [5.74, 6) is 2.29. The second kappa shape index (κ2) is 15.9. The minimum atomic E-state index is 0.0324. The normalized spacial score (nSPS) is 14.2. The molecular formula is C25H42N2O2. The topological polar surface area (TPSA) is 64.7 Å². The van der Waals surface area contributed by atoms with Gasteiger partial charge >= 0.3 is 0 Å². The second-order valence-electron chi connectivity index (χ2n) is 7.85. The molecule has 4 heteroatoms. The number of hydrogen-bond acceptors (Lipinski definition) is 4. The molecule has 1 rings (SSSR count). The standard InChI is InChI=1S/C22H35NO.C3H7NO/c1-7-13-21(16-17(4)8-2)19(6)24-23-22(18(5)9-3)20-14-11-10-12-15-20;1-3(5)2-4/h10-12,14-15,17-18,21H,6-9,13,16H2,1-5H3;2,4H2,1H3/b23-22+;. The van der Waals surface area contributed by atoms with E-state index in [4.69, 9.17) is 10.6 Å². The van der Waals surface area contributed by atoms with Crippen molar-refractivity contribution in [3.05, 3.63) is 48.2 Å². The van der Waals surface area contributed by atoms with Gasteiger partial charge in [0.05, 0.1) is 12.3 Å². The molecule has 0 aliphatic heterocycles. The maximum Gasteiger partial charge on any atom is 0.143 e. The second-order valence-corrected chi connectivity index (χ2v) is 7.85. The Balaban J connectivity index is 0.00000139. The molecule has 0 aliphatic carbocycles.